The summed E-state index contributed by atoms with van der Waals surface area (Å²) in [5.41, 5.74) is 7.78. The van der Waals surface area contributed by atoms with E-state index in [4.69, 9.17) is 20.7 Å². The molecule has 0 bridgehead atoms. The molecule has 5 atom stereocenters. The molecule has 1 aromatic heterocycles. The number of aliphatic hydroxyl groups excluding tert-OH is 1. The fourth-order valence-corrected chi connectivity index (χ4v) is 5.89. The van der Waals surface area contributed by atoms with Gasteiger partial charge in [0.15, 0.2) is 6.10 Å². The van der Waals surface area contributed by atoms with Gasteiger partial charge in [-0.1, -0.05) is 29.1 Å². The maximum atomic E-state index is 15.1. The number of aromatic nitrogens is 1. The minimum atomic E-state index is -1.47. The van der Waals surface area contributed by atoms with Crippen LogP contribution in [0.1, 0.15) is 48.2 Å². The third-order valence-electron chi connectivity index (χ3n) is 7.32. The second-order valence-corrected chi connectivity index (χ2v) is 11.1. The molecule has 0 saturated carbocycles. The number of hydrogen-bond donors (Lipinski definition) is 2. The number of nitrogens with zero attached hydrogens (tertiary/aromatic N) is 6. The summed E-state index contributed by atoms with van der Waals surface area (Å²) in [4.78, 5) is 22.9. The van der Waals surface area contributed by atoms with Gasteiger partial charge in [-0.25, -0.2) is 18.6 Å². The van der Waals surface area contributed by atoms with Crippen LogP contribution >= 0.6 is 23.7 Å². The number of aliphatic hydroxyl groups is 1. The predicted molar refractivity (Wildman–Crippen MR) is 161 cm³/mol. The Hall–Kier alpha value is -3.67. The smallest absolute Gasteiger partial charge is 0.410 e. The van der Waals surface area contributed by atoms with Crippen molar-refractivity contribution >= 4 is 42.0 Å². The van der Waals surface area contributed by atoms with Gasteiger partial charge in [-0.3, -0.25) is 0 Å². The molecule has 3 heterocycles. The molecule has 2 aromatic carbocycles. The molecule has 233 valence electrons. The van der Waals surface area contributed by atoms with E-state index in [0.717, 1.165) is 28.8 Å². The van der Waals surface area contributed by atoms with Crippen LogP contribution in [0.15, 0.2) is 52.9 Å². The lowest BCUT2D eigenvalue weighted by Gasteiger charge is -2.27. The Morgan fingerprint density at radius 2 is 1.98 bits per heavy atom. The minimum Gasteiger partial charge on any atom is -1.00 e. The number of benzene rings is 2. The topological polar surface area (TPSA) is 142 Å². The molecule has 2 unspecified atom stereocenters. The third kappa shape index (κ3) is 7.51. The number of hydrazone groups is 1. The summed E-state index contributed by atoms with van der Waals surface area (Å²) >= 11 is 1.32. The van der Waals surface area contributed by atoms with Crippen LogP contribution in [-0.2, 0) is 4.74 Å². The van der Waals surface area contributed by atoms with Crippen LogP contribution in [0.5, 0.6) is 0 Å². The number of amidine groups is 1. The van der Waals surface area contributed by atoms with E-state index in [1.165, 1.54) is 22.6 Å². The largest absolute Gasteiger partial charge is 1.00 e. The zero-order valence-corrected chi connectivity index (χ0v) is 26.1. The van der Waals surface area contributed by atoms with Gasteiger partial charge < -0.3 is 32.9 Å². The first-order valence-corrected chi connectivity index (χ1v) is 14.2. The normalized spacial score (nSPS) is 18.4. The van der Waals surface area contributed by atoms with Crippen molar-refractivity contribution in [3.63, 3.8) is 0 Å². The van der Waals surface area contributed by atoms with Gasteiger partial charge in [0.1, 0.15) is 11.6 Å². The lowest BCUT2D eigenvalue weighted by Crippen LogP contribution is -3.00. The summed E-state index contributed by atoms with van der Waals surface area (Å²) in [7, 11) is 0. The molecule has 10 nitrogen and oxygen atoms in total. The number of amides is 1. The van der Waals surface area contributed by atoms with E-state index in [1.807, 2.05) is 5.38 Å². The molecule has 1 radical (unpaired) electrons. The number of rotatable bonds is 8. The highest BCUT2D eigenvalue weighted by molar-refractivity contribution is 7.10. The number of halogens is 4. The van der Waals surface area contributed by atoms with E-state index in [1.54, 1.807) is 38.1 Å². The van der Waals surface area contributed by atoms with Gasteiger partial charge in [0, 0.05) is 41.6 Å². The summed E-state index contributed by atoms with van der Waals surface area (Å²) in [6.07, 6.45) is -0.899. The molecular weight excluding hydrogens is 635 g/mol. The van der Waals surface area contributed by atoms with Crippen molar-refractivity contribution in [2.24, 2.45) is 10.8 Å². The molecule has 5 rings (SSSR count). The molecule has 2 aliphatic heterocycles. The van der Waals surface area contributed by atoms with E-state index < -0.39 is 41.9 Å². The zero-order valence-electron chi connectivity index (χ0n) is 23.7. The van der Waals surface area contributed by atoms with Crippen molar-refractivity contribution in [1.29, 1.82) is 5.26 Å². The van der Waals surface area contributed by atoms with Crippen LogP contribution in [0.4, 0.5) is 13.6 Å². The highest BCUT2D eigenvalue weighted by Crippen LogP contribution is 2.40. The molecule has 0 spiro atoms. The number of thiazole rings is 1. The van der Waals surface area contributed by atoms with Crippen LogP contribution in [0.2, 0.25) is 0 Å². The first-order valence-electron chi connectivity index (χ1n) is 13.4. The Kier molecular flexibility index (Phi) is 11.8. The first kappa shape index (κ1) is 34.8. The summed E-state index contributed by atoms with van der Waals surface area (Å²) in [5.74, 6) is -2.82. The van der Waals surface area contributed by atoms with Crippen molar-refractivity contribution < 1.29 is 35.8 Å². The number of aliphatic imine (C=N–C) groups is 1. The Labute approximate surface area is 269 Å². The number of hydrogen-bond acceptors (Lipinski definition) is 10. The second kappa shape index (κ2) is 14.9. The van der Waals surface area contributed by atoms with E-state index >= 15 is 4.39 Å². The fourth-order valence-electron chi connectivity index (χ4n) is 4.95. The Morgan fingerprint density at radius 1 is 1.25 bits per heavy atom. The monoisotopic (exact) mass is 664 g/mol. The molecule has 44 heavy (non-hydrogen) atoms. The molecule has 3 aromatic rings. The van der Waals surface area contributed by atoms with Crippen molar-refractivity contribution in [2.75, 3.05) is 13.1 Å². The van der Waals surface area contributed by atoms with E-state index in [9.17, 15) is 14.3 Å². The van der Waals surface area contributed by atoms with Gasteiger partial charge in [0.25, 0.3) is 6.34 Å². The van der Waals surface area contributed by atoms with Crippen LogP contribution in [0.25, 0.3) is 11.3 Å². The van der Waals surface area contributed by atoms with Crippen LogP contribution in [0.3, 0.4) is 0 Å². The summed E-state index contributed by atoms with van der Waals surface area (Å²) in [6.45, 7) is 4.26. The standard InChI is InChI=1S/C29H29F2N7O3S.2ClH/c1-16(27-35-24(14-42-27)19-5-3-18(12-32)4-6-19)25(22-11-20(30)7-8-23(22)31)28(39)38-15-34-26(36-38)17(2)41-29(40)37-10-9-21(33)13-37;;/h3-8,11,14-17,21,25,28,39H,9-10,13,33H2,1-2H3;2*1H/q+1;;/p-1/t16-,17?,21+,25-,28?;;/m1../s1. The molecule has 0 aliphatic carbocycles. The van der Waals surface area contributed by atoms with Gasteiger partial charge in [-0.05, 0) is 43.7 Å². The van der Waals surface area contributed by atoms with Gasteiger partial charge in [-0.2, -0.15) is 5.26 Å². The van der Waals surface area contributed by atoms with Gasteiger partial charge in [0.05, 0.1) is 33.4 Å². The highest BCUT2D eigenvalue weighted by atomic mass is 35.5. The number of ether oxygens (including phenoxy) is 1. The summed E-state index contributed by atoms with van der Waals surface area (Å²) in [5, 5.41) is 28.5. The van der Waals surface area contributed by atoms with E-state index in [2.05, 4.69) is 16.2 Å². The number of carbonyl (C=O) groups excluding carboxylic acids is 1. The SMILES string of the molecule is CC(OC(=O)N1CC[C@H](N)C1)C1=NN(C(O)[C@@H](c2cc(F)ccc2F)[C@@H](C)c2nc(-c3ccc(C#N)cc3)cs2)C=[N+]1.Cl.[Cl-]. The quantitative estimate of drug-likeness (QED) is 0.368. The number of nitrogens with two attached hydrogens (primary N) is 1. The minimum absolute atomic E-state index is 0. The molecule has 15 heteroatoms. The number of nitriles is 1. The summed E-state index contributed by atoms with van der Waals surface area (Å²) in [6, 6.07) is 12.0. The van der Waals surface area contributed by atoms with E-state index in [-0.39, 0.29) is 42.3 Å². The van der Waals surface area contributed by atoms with Crippen molar-refractivity contribution in [2.45, 2.75) is 50.5 Å². The molecule has 2 aliphatic rings. The molecule has 3 N–H and O–H groups in total. The Balaban J connectivity index is 0.00000264. The average molecular weight is 666 g/mol. The van der Waals surface area contributed by atoms with Crippen molar-refractivity contribution in [1.82, 2.24) is 19.9 Å². The molecule has 1 fully saturated rings. The van der Waals surface area contributed by atoms with Gasteiger partial charge in [-0.15, -0.1) is 23.7 Å². The molecule has 1 saturated heterocycles. The number of carbonyl (C=O) groups is 1. The summed E-state index contributed by atoms with van der Waals surface area (Å²) < 4.78 is 35.0. The maximum Gasteiger partial charge on any atom is 0.410 e. The first-order chi connectivity index (χ1) is 20.1. The Bertz CT molecular complexity index is 1570. The molecular formula is C29H30Cl2F2N7O3S. The maximum absolute atomic E-state index is 15.1. The van der Waals surface area contributed by atoms with E-state index in [0.29, 0.717) is 35.8 Å². The average Bonchev–Trinajstić information content (AvgIpc) is 3.76. The molecule has 1 amide bonds. The third-order valence-corrected chi connectivity index (χ3v) is 8.37. The predicted octanol–water partition coefficient (Wildman–Crippen LogP) is 1.14. The number of likely N-dealkylation sites (tertiary alicyclic amines) is 1. The lowest BCUT2D eigenvalue weighted by atomic mass is 9.85. The van der Waals surface area contributed by atoms with Crippen molar-refractivity contribution in [3.05, 3.63) is 75.6 Å². The Morgan fingerprint density at radius 3 is 2.64 bits per heavy atom. The van der Waals surface area contributed by atoms with Crippen LogP contribution in [0, 0.1) is 23.0 Å². The van der Waals surface area contributed by atoms with Crippen LogP contribution in [-0.4, -0.2) is 69.7 Å². The zero-order chi connectivity index (χ0) is 30.0. The fraction of sp³-hybridized carbons (Fsp3) is 0.345. The second-order valence-electron chi connectivity index (χ2n) is 10.3. The lowest BCUT2D eigenvalue weighted by molar-refractivity contribution is -0.0000283. The van der Waals surface area contributed by atoms with Crippen molar-refractivity contribution in [3.8, 4) is 17.3 Å². The highest BCUT2D eigenvalue weighted by Gasteiger charge is 2.42. The van der Waals surface area contributed by atoms with Crippen LogP contribution < -0.4 is 23.1 Å². The van der Waals surface area contributed by atoms with Gasteiger partial charge >= 0.3 is 11.9 Å². The van der Waals surface area contributed by atoms with Gasteiger partial charge in [0.2, 0.25) is 6.23 Å².